The van der Waals surface area contributed by atoms with Crippen molar-refractivity contribution in [2.24, 2.45) is 0 Å². The minimum absolute atomic E-state index is 0.0537. The molecule has 3 aromatic rings. The fraction of sp³-hybridized carbons (Fsp3) is 0.118. The maximum Gasteiger partial charge on any atom is 0.245 e. The van der Waals surface area contributed by atoms with Crippen molar-refractivity contribution in [1.82, 2.24) is 15.2 Å². The van der Waals surface area contributed by atoms with Crippen LogP contribution < -0.4 is 10.6 Å². The SMILES string of the molecule is CC(Nc1nncc(Nc2cccc(Cl)c2Cl)n1)c1ccccc1. The Kier molecular flexibility index (Phi) is 5.13. The van der Waals surface area contributed by atoms with Gasteiger partial charge in [0.15, 0.2) is 5.82 Å². The molecule has 1 unspecified atom stereocenters. The van der Waals surface area contributed by atoms with E-state index in [0.29, 0.717) is 27.5 Å². The summed E-state index contributed by atoms with van der Waals surface area (Å²) in [5.74, 6) is 0.950. The molecule has 2 N–H and O–H groups in total. The van der Waals surface area contributed by atoms with E-state index in [1.165, 1.54) is 6.20 Å². The van der Waals surface area contributed by atoms with Gasteiger partial charge in [-0.3, -0.25) is 0 Å². The van der Waals surface area contributed by atoms with E-state index in [9.17, 15) is 0 Å². The molecule has 7 heteroatoms. The molecular weight excluding hydrogens is 345 g/mol. The first-order valence-electron chi connectivity index (χ1n) is 7.36. The van der Waals surface area contributed by atoms with Gasteiger partial charge < -0.3 is 10.6 Å². The lowest BCUT2D eigenvalue weighted by Crippen LogP contribution is -2.10. The van der Waals surface area contributed by atoms with Crippen LogP contribution in [0.15, 0.2) is 54.7 Å². The summed E-state index contributed by atoms with van der Waals surface area (Å²) in [6.45, 7) is 2.03. The number of halogens is 2. The average Bonchev–Trinajstić information content (AvgIpc) is 2.60. The molecule has 1 heterocycles. The summed E-state index contributed by atoms with van der Waals surface area (Å²) in [7, 11) is 0. The lowest BCUT2D eigenvalue weighted by molar-refractivity contribution is 0.841. The van der Waals surface area contributed by atoms with Crippen LogP contribution in [0.2, 0.25) is 10.0 Å². The molecule has 0 aliphatic rings. The molecule has 0 fully saturated rings. The van der Waals surface area contributed by atoms with Crippen LogP contribution in [0.3, 0.4) is 0 Å². The van der Waals surface area contributed by atoms with Crippen LogP contribution in [-0.2, 0) is 0 Å². The molecule has 3 rings (SSSR count). The highest BCUT2D eigenvalue weighted by molar-refractivity contribution is 6.43. The zero-order valence-corrected chi connectivity index (χ0v) is 14.4. The number of benzene rings is 2. The average molecular weight is 360 g/mol. The number of anilines is 3. The van der Waals surface area contributed by atoms with Crippen molar-refractivity contribution in [3.8, 4) is 0 Å². The first-order chi connectivity index (χ1) is 11.6. The molecule has 0 saturated heterocycles. The predicted octanol–water partition coefficient (Wildman–Crippen LogP) is 5.10. The molecule has 0 radical (unpaired) electrons. The number of nitrogens with zero attached hydrogens (tertiary/aromatic N) is 3. The van der Waals surface area contributed by atoms with Gasteiger partial charge in [0, 0.05) is 0 Å². The molecule has 1 aromatic heterocycles. The maximum atomic E-state index is 6.17. The first kappa shape index (κ1) is 16.5. The Morgan fingerprint density at radius 2 is 1.79 bits per heavy atom. The highest BCUT2D eigenvalue weighted by atomic mass is 35.5. The molecule has 0 aliphatic heterocycles. The molecular formula is C17H15Cl2N5. The van der Waals surface area contributed by atoms with E-state index in [1.54, 1.807) is 6.07 Å². The van der Waals surface area contributed by atoms with Gasteiger partial charge in [0.2, 0.25) is 5.95 Å². The Morgan fingerprint density at radius 3 is 2.58 bits per heavy atom. The van der Waals surface area contributed by atoms with E-state index < -0.39 is 0 Å². The largest absolute Gasteiger partial charge is 0.346 e. The third kappa shape index (κ3) is 3.93. The van der Waals surface area contributed by atoms with E-state index >= 15 is 0 Å². The molecule has 1 atom stereocenters. The number of hydrogen-bond acceptors (Lipinski definition) is 5. The normalized spacial score (nSPS) is 11.8. The van der Waals surface area contributed by atoms with Gasteiger partial charge in [0.1, 0.15) is 0 Å². The minimum Gasteiger partial charge on any atom is -0.346 e. The van der Waals surface area contributed by atoms with Crippen molar-refractivity contribution in [2.75, 3.05) is 10.6 Å². The molecule has 122 valence electrons. The Hall–Kier alpha value is -2.37. The van der Waals surface area contributed by atoms with Crippen molar-refractivity contribution in [3.05, 3.63) is 70.3 Å². The molecule has 0 aliphatic carbocycles. The zero-order chi connectivity index (χ0) is 16.9. The standard InChI is InChI=1S/C17H15Cl2N5/c1-11(12-6-3-2-4-7-12)21-17-23-15(10-20-24-17)22-14-9-5-8-13(18)16(14)19/h2-11H,1H3,(H2,21,22,23,24). The van der Waals surface area contributed by atoms with Crippen molar-refractivity contribution in [2.45, 2.75) is 13.0 Å². The number of hydrogen-bond donors (Lipinski definition) is 2. The van der Waals surface area contributed by atoms with E-state index in [0.717, 1.165) is 5.56 Å². The van der Waals surface area contributed by atoms with Crippen molar-refractivity contribution < 1.29 is 0 Å². The monoisotopic (exact) mass is 359 g/mol. The second-order valence-corrected chi connectivity index (χ2v) is 5.95. The van der Waals surface area contributed by atoms with Crippen LogP contribution in [0.5, 0.6) is 0 Å². The summed E-state index contributed by atoms with van der Waals surface area (Å²) in [5.41, 5.74) is 1.80. The van der Waals surface area contributed by atoms with Gasteiger partial charge in [-0.05, 0) is 24.6 Å². The second kappa shape index (κ2) is 7.47. The van der Waals surface area contributed by atoms with Gasteiger partial charge in [-0.1, -0.05) is 59.6 Å². The second-order valence-electron chi connectivity index (χ2n) is 5.17. The summed E-state index contributed by atoms with van der Waals surface area (Å²) in [6.07, 6.45) is 1.52. The number of rotatable bonds is 5. The van der Waals surface area contributed by atoms with Crippen LogP contribution in [0.25, 0.3) is 0 Å². The van der Waals surface area contributed by atoms with E-state index in [1.807, 2.05) is 49.4 Å². The third-order valence-corrected chi connectivity index (χ3v) is 4.24. The third-order valence-electron chi connectivity index (χ3n) is 3.42. The lowest BCUT2D eigenvalue weighted by Gasteiger charge is -2.14. The molecule has 2 aromatic carbocycles. The fourth-order valence-corrected chi connectivity index (χ4v) is 2.53. The van der Waals surface area contributed by atoms with Gasteiger partial charge in [0.25, 0.3) is 0 Å². The van der Waals surface area contributed by atoms with Gasteiger partial charge >= 0.3 is 0 Å². The molecule has 0 spiro atoms. The van der Waals surface area contributed by atoms with Crippen molar-refractivity contribution >= 4 is 40.7 Å². The van der Waals surface area contributed by atoms with Gasteiger partial charge in [-0.25, -0.2) is 0 Å². The maximum absolute atomic E-state index is 6.17. The van der Waals surface area contributed by atoms with Crippen molar-refractivity contribution in [3.63, 3.8) is 0 Å². The number of nitrogens with one attached hydrogen (secondary N) is 2. The Bertz CT molecular complexity index is 826. The summed E-state index contributed by atoms with van der Waals surface area (Å²) in [5, 5.41) is 15.2. The highest BCUT2D eigenvalue weighted by Crippen LogP contribution is 2.31. The molecule has 0 bridgehead atoms. The summed E-state index contributed by atoms with van der Waals surface area (Å²) in [6, 6.07) is 15.4. The van der Waals surface area contributed by atoms with Crippen LogP contribution in [-0.4, -0.2) is 15.2 Å². The van der Waals surface area contributed by atoms with E-state index in [-0.39, 0.29) is 6.04 Å². The predicted molar refractivity (Wildman–Crippen MR) is 98.1 cm³/mol. The van der Waals surface area contributed by atoms with Gasteiger partial charge in [0.05, 0.1) is 28.0 Å². The topological polar surface area (TPSA) is 62.7 Å². The smallest absolute Gasteiger partial charge is 0.245 e. The first-order valence-corrected chi connectivity index (χ1v) is 8.11. The summed E-state index contributed by atoms with van der Waals surface area (Å²) >= 11 is 12.2. The minimum atomic E-state index is 0.0537. The van der Waals surface area contributed by atoms with Crippen LogP contribution in [0, 0.1) is 0 Å². The van der Waals surface area contributed by atoms with Crippen LogP contribution in [0.4, 0.5) is 17.5 Å². The summed E-state index contributed by atoms with van der Waals surface area (Å²) < 4.78 is 0. The van der Waals surface area contributed by atoms with Crippen LogP contribution in [0.1, 0.15) is 18.5 Å². The molecule has 0 amide bonds. The fourth-order valence-electron chi connectivity index (χ4n) is 2.18. The Morgan fingerprint density at radius 1 is 1.00 bits per heavy atom. The van der Waals surface area contributed by atoms with Crippen LogP contribution >= 0.6 is 23.2 Å². The molecule has 5 nitrogen and oxygen atoms in total. The molecule has 0 saturated carbocycles. The quantitative estimate of drug-likeness (QED) is 0.663. The Balaban J connectivity index is 1.76. The molecule has 24 heavy (non-hydrogen) atoms. The zero-order valence-electron chi connectivity index (χ0n) is 12.9. The Labute approximate surface area is 150 Å². The lowest BCUT2D eigenvalue weighted by atomic mass is 10.1. The summed E-state index contributed by atoms with van der Waals surface area (Å²) in [4.78, 5) is 4.41. The van der Waals surface area contributed by atoms with Crippen molar-refractivity contribution in [1.29, 1.82) is 0 Å². The van der Waals surface area contributed by atoms with Gasteiger partial charge in [-0.15, -0.1) is 5.10 Å². The van der Waals surface area contributed by atoms with Gasteiger partial charge in [-0.2, -0.15) is 10.1 Å². The highest BCUT2D eigenvalue weighted by Gasteiger charge is 2.09. The van der Waals surface area contributed by atoms with E-state index in [2.05, 4.69) is 25.8 Å². The number of aromatic nitrogens is 3. The van der Waals surface area contributed by atoms with E-state index in [4.69, 9.17) is 23.2 Å².